The van der Waals surface area contributed by atoms with Crippen LogP contribution in [0.15, 0.2) is 24.3 Å². The van der Waals surface area contributed by atoms with Crippen molar-refractivity contribution < 1.29 is 9.53 Å². The zero-order valence-electron chi connectivity index (χ0n) is 9.69. The van der Waals surface area contributed by atoms with Gasteiger partial charge in [-0.1, -0.05) is 26.0 Å². The number of hydrogen-bond donors (Lipinski definition) is 2. The van der Waals surface area contributed by atoms with Gasteiger partial charge in [0.2, 0.25) is 0 Å². The van der Waals surface area contributed by atoms with Crippen LogP contribution in [0.4, 0.5) is 4.79 Å². The first kappa shape index (κ1) is 12.5. The molecule has 88 valence electrons. The molecule has 0 aliphatic heterocycles. The van der Waals surface area contributed by atoms with E-state index in [1.54, 1.807) is 12.1 Å². The molecular formula is C12H18N2O2. The van der Waals surface area contributed by atoms with Gasteiger partial charge in [0.15, 0.2) is 0 Å². The second kappa shape index (κ2) is 6.12. The summed E-state index contributed by atoms with van der Waals surface area (Å²) in [5.41, 5.74) is 6.47. The fraction of sp³-hybridized carbons (Fsp3) is 0.417. The van der Waals surface area contributed by atoms with Gasteiger partial charge in [0.1, 0.15) is 5.75 Å². The van der Waals surface area contributed by atoms with E-state index in [0.29, 0.717) is 24.8 Å². The Hall–Kier alpha value is -1.55. The number of nitrogens with two attached hydrogens (primary N) is 1. The molecule has 1 aromatic carbocycles. The highest BCUT2D eigenvalue weighted by Gasteiger charge is 2.03. The summed E-state index contributed by atoms with van der Waals surface area (Å²) in [6.07, 6.45) is -0.470. The minimum Gasteiger partial charge on any atom is -0.410 e. The summed E-state index contributed by atoms with van der Waals surface area (Å²) in [7, 11) is 0. The third-order valence-electron chi connectivity index (χ3n) is 2.17. The van der Waals surface area contributed by atoms with Gasteiger partial charge in [-0.2, -0.15) is 0 Å². The Morgan fingerprint density at radius 3 is 2.50 bits per heavy atom. The van der Waals surface area contributed by atoms with Crippen molar-refractivity contribution in [1.82, 2.24) is 5.32 Å². The van der Waals surface area contributed by atoms with Crippen LogP contribution in [0.25, 0.3) is 0 Å². The molecule has 0 bridgehead atoms. The summed E-state index contributed by atoms with van der Waals surface area (Å²) < 4.78 is 5.05. The van der Waals surface area contributed by atoms with Crippen molar-refractivity contribution in [3.63, 3.8) is 0 Å². The van der Waals surface area contributed by atoms with Crippen LogP contribution in [-0.4, -0.2) is 19.2 Å². The smallest absolute Gasteiger partial charge is 0.410 e. The van der Waals surface area contributed by atoms with Crippen LogP contribution in [0.2, 0.25) is 0 Å². The zero-order chi connectivity index (χ0) is 12.0. The Balaban J connectivity index is 2.51. The highest BCUT2D eigenvalue weighted by molar-refractivity contribution is 5.70. The normalized spacial score (nSPS) is 10.2. The van der Waals surface area contributed by atoms with Gasteiger partial charge in [0.25, 0.3) is 0 Å². The number of rotatable bonds is 4. The number of amides is 1. The lowest BCUT2D eigenvalue weighted by Crippen LogP contribution is -2.31. The van der Waals surface area contributed by atoms with E-state index < -0.39 is 6.09 Å². The van der Waals surface area contributed by atoms with Crippen molar-refractivity contribution in [2.75, 3.05) is 13.1 Å². The van der Waals surface area contributed by atoms with Crippen LogP contribution < -0.4 is 15.8 Å². The molecule has 1 amide bonds. The van der Waals surface area contributed by atoms with Crippen molar-refractivity contribution in [3.8, 4) is 5.75 Å². The third kappa shape index (κ3) is 3.90. The van der Waals surface area contributed by atoms with Gasteiger partial charge in [-0.15, -0.1) is 0 Å². The van der Waals surface area contributed by atoms with Gasteiger partial charge in [-0.05, 0) is 23.6 Å². The summed E-state index contributed by atoms with van der Waals surface area (Å²) in [5.74, 6) is 1.01. The second-order valence-electron chi connectivity index (χ2n) is 3.83. The number of ether oxygens (including phenoxy) is 1. The molecule has 0 spiro atoms. The Labute approximate surface area is 95.8 Å². The Morgan fingerprint density at radius 2 is 2.00 bits per heavy atom. The van der Waals surface area contributed by atoms with Crippen LogP contribution >= 0.6 is 0 Å². The minimum atomic E-state index is -0.470. The van der Waals surface area contributed by atoms with Crippen LogP contribution in [0.5, 0.6) is 5.75 Å². The molecule has 0 aromatic heterocycles. The summed E-state index contributed by atoms with van der Waals surface area (Å²) >= 11 is 0. The molecule has 0 heterocycles. The fourth-order valence-corrected chi connectivity index (χ4v) is 1.24. The predicted octanol–water partition coefficient (Wildman–Crippen LogP) is 1.86. The van der Waals surface area contributed by atoms with Gasteiger partial charge in [-0.3, -0.25) is 0 Å². The largest absolute Gasteiger partial charge is 0.412 e. The van der Waals surface area contributed by atoms with E-state index in [9.17, 15) is 4.79 Å². The SMILES string of the molecule is CC(C)c1ccc(OC(=O)NCCN)cc1. The molecular weight excluding hydrogens is 204 g/mol. The number of carbonyl (C=O) groups excluding carboxylic acids is 1. The Kier molecular flexibility index (Phi) is 4.79. The van der Waals surface area contributed by atoms with Crippen molar-refractivity contribution in [1.29, 1.82) is 0 Å². The number of hydrogen-bond acceptors (Lipinski definition) is 3. The van der Waals surface area contributed by atoms with E-state index in [-0.39, 0.29) is 0 Å². The van der Waals surface area contributed by atoms with Crippen LogP contribution in [0.1, 0.15) is 25.3 Å². The molecule has 16 heavy (non-hydrogen) atoms. The van der Waals surface area contributed by atoms with Crippen molar-refractivity contribution in [2.24, 2.45) is 5.73 Å². The molecule has 4 nitrogen and oxygen atoms in total. The van der Waals surface area contributed by atoms with E-state index in [1.165, 1.54) is 5.56 Å². The molecule has 0 aliphatic rings. The quantitative estimate of drug-likeness (QED) is 0.817. The van der Waals surface area contributed by atoms with Crippen LogP contribution in [0.3, 0.4) is 0 Å². The summed E-state index contributed by atoms with van der Waals surface area (Å²) in [5, 5.41) is 2.53. The van der Waals surface area contributed by atoms with Gasteiger partial charge in [-0.25, -0.2) is 4.79 Å². The molecule has 1 aromatic rings. The Morgan fingerprint density at radius 1 is 1.38 bits per heavy atom. The van der Waals surface area contributed by atoms with Crippen LogP contribution in [0, 0.1) is 0 Å². The lowest BCUT2D eigenvalue weighted by molar-refractivity contribution is 0.201. The number of nitrogens with one attached hydrogen (secondary N) is 1. The molecule has 0 aliphatic carbocycles. The monoisotopic (exact) mass is 222 g/mol. The highest BCUT2D eigenvalue weighted by Crippen LogP contribution is 2.18. The molecule has 0 fully saturated rings. The maximum atomic E-state index is 11.2. The first-order chi connectivity index (χ1) is 7.63. The van der Waals surface area contributed by atoms with Gasteiger partial charge in [0.05, 0.1) is 0 Å². The van der Waals surface area contributed by atoms with Gasteiger partial charge >= 0.3 is 6.09 Å². The predicted molar refractivity (Wildman–Crippen MR) is 63.6 cm³/mol. The highest BCUT2D eigenvalue weighted by atomic mass is 16.5. The molecule has 4 heteroatoms. The van der Waals surface area contributed by atoms with Crippen molar-refractivity contribution in [3.05, 3.63) is 29.8 Å². The summed E-state index contributed by atoms with van der Waals surface area (Å²) in [6.45, 7) is 5.05. The van der Waals surface area contributed by atoms with Crippen LogP contribution in [-0.2, 0) is 0 Å². The lowest BCUT2D eigenvalue weighted by atomic mass is 10.0. The first-order valence-corrected chi connectivity index (χ1v) is 5.39. The van der Waals surface area contributed by atoms with Gasteiger partial charge < -0.3 is 15.8 Å². The molecule has 0 radical (unpaired) electrons. The lowest BCUT2D eigenvalue weighted by Gasteiger charge is -2.08. The minimum absolute atomic E-state index is 0.404. The molecule has 0 saturated carbocycles. The van der Waals surface area contributed by atoms with E-state index >= 15 is 0 Å². The van der Waals surface area contributed by atoms with E-state index in [4.69, 9.17) is 10.5 Å². The standard InChI is InChI=1S/C12H18N2O2/c1-9(2)10-3-5-11(6-4-10)16-12(15)14-8-7-13/h3-6,9H,7-8,13H2,1-2H3,(H,14,15). The van der Waals surface area contributed by atoms with E-state index in [0.717, 1.165) is 0 Å². The third-order valence-corrected chi connectivity index (χ3v) is 2.17. The maximum absolute atomic E-state index is 11.2. The van der Waals surface area contributed by atoms with E-state index in [2.05, 4.69) is 19.2 Å². The topological polar surface area (TPSA) is 64.3 Å². The fourth-order valence-electron chi connectivity index (χ4n) is 1.24. The molecule has 3 N–H and O–H groups in total. The molecule has 0 atom stereocenters. The summed E-state index contributed by atoms with van der Waals surface area (Å²) in [6, 6.07) is 7.49. The first-order valence-electron chi connectivity index (χ1n) is 5.39. The number of carbonyl (C=O) groups is 1. The average Bonchev–Trinajstić information content (AvgIpc) is 2.27. The van der Waals surface area contributed by atoms with Crippen molar-refractivity contribution in [2.45, 2.75) is 19.8 Å². The summed E-state index contributed by atoms with van der Waals surface area (Å²) in [4.78, 5) is 11.2. The molecule has 0 saturated heterocycles. The Bertz CT molecular complexity index is 333. The molecule has 1 rings (SSSR count). The number of benzene rings is 1. The van der Waals surface area contributed by atoms with E-state index in [1.807, 2.05) is 12.1 Å². The van der Waals surface area contributed by atoms with Gasteiger partial charge in [0, 0.05) is 13.1 Å². The van der Waals surface area contributed by atoms with Crippen molar-refractivity contribution >= 4 is 6.09 Å². The maximum Gasteiger partial charge on any atom is 0.412 e. The zero-order valence-corrected chi connectivity index (χ0v) is 9.69. The second-order valence-corrected chi connectivity index (χ2v) is 3.83. The molecule has 0 unspecified atom stereocenters. The average molecular weight is 222 g/mol.